The summed E-state index contributed by atoms with van der Waals surface area (Å²) in [5.74, 6) is 0.375. The van der Waals surface area contributed by atoms with Gasteiger partial charge in [-0.1, -0.05) is 27.2 Å². The first-order chi connectivity index (χ1) is 7.94. The zero-order valence-electron chi connectivity index (χ0n) is 11.5. The molecular weight excluding hydrogens is 238 g/mol. The zero-order chi connectivity index (χ0) is 13.3. The molecule has 0 aromatic carbocycles. The molecule has 0 saturated carbocycles. The third-order valence-electron chi connectivity index (χ3n) is 2.80. The molecule has 0 aromatic heterocycles. The summed E-state index contributed by atoms with van der Waals surface area (Å²) in [5.41, 5.74) is 0. The van der Waals surface area contributed by atoms with Crippen molar-refractivity contribution in [3.05, 3.63) is 0 Å². The van der Waals surface area contributed by atoms with Gasteiger partial charge in [-0.25, -0.2) is 4.72 Å². The van der Waals surface area contributed by atoms with Crippen LogP contribution < -0.4 is 10.0 Å². The van der Waals surface area contributed by atoms with Crippen LogP contribution in [0.1, 0.15) is 33.6 Å². The molecule has 104 valence electrons. The molecule has 0 aliphatic rings. The van der Waals surface area contributed by atoms with Crippen LogP contribution in [-0.4, -0.2) is 45.9 Å². The van der Waals surface area contributed by atoms with E-state index in [2.05, 4.69) is 17.0 Å². The standard InChI is InChI=1S/C11H27N3O2S/c1-5-11(3)10-13-17(15,16)14(4)9-7-8-12-6-2/h11-13H,5-10H2,1-4H3. The lowest BCUT2D eigenvalue weighted by molar-refractivity contribution is 0.437. The van der Waals surface area contributed by atoms with Crippen LogP contribution >= 0.6 is 0 Å². The lowest BCUT2D eigenvalue weighted by Crippen LogP contribution is -2.41. The highest BCUT2D eigenvalue weighted by Gasteiger charge is 2.16. The van der Waals surface area contributed by atoms with Gasteiger partial charge in [-0.2, -0.15) is 12.7 Å². The molecule has 0 amide bonds. The van der Waals surface area contributed by atoms with Gasteiger partial charge in [-0.05, 0) is 25.4 Å². The van der Waals surface area contributed by atoms with Crippen LogP contribution in [-0.2, 0) is 10.2 Å². The van der Waals surface area contributed by atoms with E-state index >= 15 is 0 Å². The van der Waals surface area contributed by atoms with E-state index in [1.807, 2.05) is 13.8 Å². The summed E-state index contributed by atoms with van der Waals surface area (Å²) in [6.45, 7) is 8.95. The van der Waals surface area contributed by atoms with Crippen molar-refractivity contribution < 1.29 is 8.42 Å². The van der Waals surface area contributed by atoms with Crippen molar-refractivity contribution in [3.8, 4) is 0 Å². The first kappa shape index (κ1) is 16.8. The number of nitrogens with one attached hydrogen (secondary N) is 2. The fraction of sp³-hybridized carbons (Fsp3) is 1.00. The van der Waals surface area contributed by atoms with Crippen LogP contribution in [0.3, 0.4) is 0 Å². The van der Waals surface area contributed by atoms with E-state index in [1.54, 1.807) is 7.05 Å². The molecule has 0 rings (SSSR count). The number of nitrogens with zero attached hydrogens (tertiary/aromatic N) is 1. The predicted octanol–water partition coefficient (Wildman–Crippen LogP) is 0.798. The Morgan fingerprint density at radius 2 is 1.94 bits per heavy atom. The molecule has 5 nitrogen and oxygen atoms in total. The summed E-state index contributed by atoms with van der Waals surface area (Å²) in [6, 6.07) is 0. The molecule has 0 radical (unpaired) electrons. The van der Waals surface area contributed by atoms with Crippen molar-refractivity contribution in [1.82, 2.24) is 14.3 Å². The van der Waals surface area contributed by atoms with E-state index < -0.39 is 10.2 Å². The van der Waals surface area contributed by atoms with Gasteiger partial charge >= 0.3 is 0 Å². The lowest BCUT2D eigenvalue weighted by Gasteiger charge is -2.19. The summed E-state index contributed by atoms with van der Waals surface area (Å²) in [4.78, 5) is 0. The molecule has 0 bridgehead atoms. The molecule has 0 spiro atoms. The average molecular weight is 265 g/mol. The highest BCUT2D eigenvalue weighted by molar-refractivity contribution is 7.87. The van der Waals surface area contributed by atoms with Crippen molar-refractivity contribution in [2.45, 2.75) is 33.6 Å². The molecule has 17 heavy (non-hydrogen) atoms. The summed E-state index contributed by atoms with van der Waals surface area (Å²) < 4.78 is 27.6. The Kier molecular flexibility index (Phi) is 8.77. The maximum absolute atomic E-state index is 11.8. The van der Waals surface area contributed by atoms with Gasteiger partial charge in [0.25, 0.3) is 10.2 Å². The van der Waals surface area contributed by atoms with Gasteiger partial charge in [0.1, 0.15) is 0 Å². The van der Waals surface area contributed by atoms with E-state index in [0.29, 0.717) is 19.0 Å². The van der Waals surface area contributed by atoms with Crippen molar-refractivity contribution in [3.63, 3.8) is 0 Å². The van der Waals surface area contributed by atoms with Gasteiger partial charge in [0.15, 0.2) is 0 Å². The van der Waals surface area contributed by atoms with E-state index in [4.69, 9.17) is 0 Å². The van der Waals surface area contributed by atoms with Gasteiger partial charge in [0.05, 0.1) is 0 Å². The van der Waals surface area contributed by atoms with Crippen molar-refractivity contribution in [2.75, 3.05) is 33.2 Å². The summed E-state index contributed by atoms with van der Waals surface area (Å²) in [5, 5.41) is 3.17. The van der Waals surface area contributed by atoms with Crippen molar-refractivity contribution >= 4 is 10.2 Å². The molecule has 0 aliphatic heterocycles. The van der Waals surface area contributed by atoms with Crippen LogP contribution in [0.15, 0.2) is 0 Å². The van der Waals surface area contributed by atoms with E-state index in [-0.39, 0.29) is 0 Å². The minimum atomic E-state index is -3.30. The molecular formula is C11H27N3O2S. The van der Waals surface area contributed by atoms with Crippen LogP contribution in [0, 0.1) is 5.92 Å². The summed E-state index contributed by atoms with van der Waals surface area (Å²) in [6.07, 6.45) is 1.81. The number of hydrogen-bond acceptors (Lipinski definition) is 3. The lowest BCUT2D eigenvalue weighted by atomic mass is 10.1. The van der Waals surface area contributed by atoms with Gasteiger partial charge in [-0.15, -0.1) is 0 Å². The summed E-state index contributed by atoms with van der Waals surface area (Å²) in [7, 11) is -1.68. The molecule has 0 aliphatic carbocycles. The van der Waals surface area contributed by atoms with Crippen LogP contribution in [0.5, 0.6) is 0 Å². The van der Waals surface area contributed by atoms with Crippen molar-refractivity contribution in [2.24, 2.45) is 5.92 Å². The molecule has 6 heteroatoms. The second-order valence-electron chi connectivity index (χ2n) is 4.40. The van der Waals surface area contributed by atoms with Gasteiger partial charge < -0.3 is 5.32 Å². The Morgan fingerprint density at radius 3 is 2.47 bits per heavy atom. The second-order valence-corrected chi connectivity index (χ2v) is 6.26. The van der Waals surface area contributed by atoms with Gasteiger partial charge in [-0.3, -0.25) is 0 Å². The molecule has 0 aromatic rings. The first-order valence-electron chi connectivity index (χ1n) is 6.35. The highest BCUT2D eigenvalue weighted by Crippen LogP contribution is 2.01. The Hall–Kier alpha value is -0.170. The van der Waals surface area contributed by atoms with Crippen LogP contribution in [0.2, 0.25) is 0 Å². The Labute approximate surface area is 106 Å². The Balaban J connectivity index is 3.94. The van der Waals surface area contributed by atoms with E-state index in [1.165, 1.54) is 4.31 Å². The van der Waals surface area contributed by atoms with E-state index in [9.17, 15) is 8.42 Å². The molecule has 1 unspecified atom stereocenters. The number of rotatable bonds is 10. The number of hydrogen-bond donors (Lipinski definition) is 2. The molecule has 1 atom stereocenters. The maximum Gasteiger partial charge on any atom is 0.279 e. The third kappa shape index (κ3) is 7.70. The van der Waals surface area contributed by atoms with Gasteiger partial charge in [0.2, 0.25) is 0 Å². The normalized spacial score (nSPS) is 14.2. The Morgan fingerprint density at radius 1 is 1.29 bits per heavy atom. The molecule has 0 saturated heterocycles. The molecule has 0 heterocycles. The summed E-state index contributed by atoms with van der Waals surface area (Å²) >= 11 is 0. The first-order valence-corrected chi connectivity index (χ1v) is 7.79. The smallest absolute Gasteiger partial charge is 0.279 e. The second kappa shape index (κ2) is 8.85. The molecule has 2 N–H and O–H groups in total. The van der Waals surface area contributed by atoms with E-state index in [0.717, 1.165) is 25.9 Å². The third-order valence-corrected chi connectivity index (χ3v) is 4.33. The Bertz CT molecular complexity index is 280. The molecule has 0 fully saturated rings. The minimum Gasteiger partial charge on any atom is -0.317 e. The quantitative estimate of drug-likeness (QED) is 0.574. The fourth-order valence-electron chi connectivity index (χ4n) is 1.23. The predicted molar refractivity (Wildman–Crippen MR) is 72.2 cm³/mol. The largest absolute Gasteiger partial charge is 0.317 e. The average Bonchev–Trinajstić information content (AvgIpc) is 2.31. The van der Waals surface area contributed by atoms with Crippen molar-refractivity contribution in [1.29, 1.82) is 0 Å². The topological polar surface area (TPSA) is 61.4 Å². The monoisotopic (exact) mass is 265 g/mol. The zero-order valence-corrected chi connectivity index (χ0v) is 12.3. The van der Waals surface area contributed by atoms with Crippen LogP contribution in [0.25, 0.3) is 0 Å². The fourth-order valence-corrected chi connectivity index (χ4v) is 2.31. The van der Waals surface area contributed by atoms with Gasteiger partial charge in [0, 0.05) is 20.1 Å². The van der Waals surface area contributed by atoms with Crippen LogP contribution in [0.4, 0.5) is 0 Å². The highest BCUT2D eigenvalue weighted by atomic mass is 32.2. The maximum atomic E-state index is 11.8. The minimum absolute atomic E-state index is 0.375. The SMILES string of the molecule is CCNCCCN(C)S(=O)(=O)NCC(C)CC.